The Hall–Kier alpha value is -1.30. The van der Waals surface area contributed by atoms with E-state index < -0.39 is 29.0 Å². The van der Waals surface area contributed by atoms with Crippen LogP contribution in [0.15, 0.2) is 17.0 Å². The molecule has 3 nitrogen and oxygen atoms in total. The summed E-state index contributed by atoms with van der Waals surface area (Å²) in [6.45, 7) is 1.69. The van der Waals surface area contributed by atoms with E-state index >= 15 is 0 Å². The van der Waals surface area contributed by atoms with E-state index in [-0.39, 0.29) is 18.6 Å². The normalized spacial score (nSPS) is 30.6. The maximum Gasteiger partial charge on any atom is 0.311 e. The molecule has 0 aromatic heterocycles. The van der Waals surface area contributed by atoms with Crippen molar-refractivity contribution < 1.29 is 23.8 Å². The number of fused-ring (bicyclic) bond motifs is 1. The van der Waals surface area contributed by atoms with Gasteiger partial charge >= 0.3 is 5.97 Å². The minimum Gasteiger partial charge on any atom is -0.508 e. The van der Waals surface area contributed by atoms with Crippen LogP contribution in [0.1, 0.15) is 29.9 Å². The minimum atomic E-state index is -2.66. The fourth-order valence-corrected chi connectivity index (χ4v) is 4.49. The predicted molar refractivity (Wildman–Crippen MR) is 70.5 cm³/mol. The molecule has 2 aliphatic rings. The lowest BCUT2D eigenvalue weighted by atomic mass is 9.90. The molecule has 0 radical (unpaired) electrons. The predicted octanol–water partition coefficient (Wildman–Crippen LogP) is 3.39. The Morgan fingerprint density at radius 1 is 1.45 bits per heavy atom. The van der Waals surface area contributed by atoms with Crippen molar-refractivity contribution in [3.05, 3.63) is 23.3 Å². The first-order chi connectivity index (χ1) is 9.31. The summed E-state index contributed by atoms with van der Waals surface area (Å²) in [6.07, 6.45) is 0.0572. The van der Waals surface area contributed by atoms with E-state index in [2.05, 4.69) is 0 Å². The highest BCUT2D eigenvalue weighted by Gasteiger charge is 2.61. The van der Waals surface area contributed by atoms with Gasteiger partial charge in [-0.25, -0.2) is 8.78 Å². The number of phenols is 1. The lowest BCUT2D eigenvalue weighted by Gasteiger charge is -2.30. The highest BCUT2D eigenvalue weighted by atomic mass is 32.2. The molecule has 1 aromatic carbocycles. The third-order valence-electron chi connectivity index (χ3n) is 4.14. The number of rotatable bonds is 2. The molecule has 0 bridgehead atoms. The van der Waals surface area contributed by atoms with Crippen LogP contribution in [0.5, 0.6) is 5.75 Å². The summed E-state index contributed by atoms with van der Waals surface area (Å²) >= 11 is 1.29. The fraction of sp³-hybridized carbons (Fsp3) is 0.500. The van der Waals surface area contributed by atoms with Gasteiger partial charge in [0.1, 0.15) is 5.75 Å². The second-order valence-corrected chi connectivity index (χ2v) is 6.73. The van der Waals surface area contributed by atoms with Crippen LogP contribution in [-0.4, -0.2) is 27.4 Å². The van der Waals surface area contributed by atoms with E-state index in [4.69, 9.17) is 0 Å². The average molecular weight is 300 g/mol. The van der Waals surface area contributed by atoms with Gasteiger partial charge in [-0.05, 0) is 25.0 Å². The number of halogens is 2. The van der Waals surface area contributed by atoms with Crippen LogP contribution in [0, 0.1) is 12.8 Å². The van der Waals surface area contributed by atoms with E-state index in [9.17, 15) is 23.8 Å². The van der Waals surface area contributed by atoms with Gasteiger partial charge in [0.05, 0.1) is 5.92 Å². The molecule has 0 saturated heterocycles. The summed E-state index contributed by atoms with van der Waals surface area (Å²) in [6, 6.07) is 3.06. The molecule has 108 valence electrons. The smallest absolute Gasteiger partial charge is 0.311 e. The van der Waals surface area contributed by atoms with Gasteiger partial charge in [-0.3, -0.25) is 4.79 Å². The molecule has 1 aliphatic heterocycles. The molecule has 0 spiro atoms. The molecule has 2 N–H and O–H groups in total. The van der Waals surface area contributed by atoms with E-state index in [0.717, 1.165) is 0 Å². The summed E-state index contributed by atoms with van der Waals surface area (Å²) < 4.78 is 26.5. The van der Waals surface area contributed by atoms with Gasteiger partial charge in [-0.15, -0.1) is 11.8 Å². The fourth-order valence-electron chi connectivity index (χ4n) is 2.81. The van der Waals surface area contributed by atoms with Crippen LogP contribution >= 0.6 is 11.8 Å². The first kappa shape index (κ1) is 13.7. The lowest BCUT2D eigenvalue weighted by Crippen LogP contribution is -2.25. The number of carboxylic acid groups (broad SMARTS) is 1. The molecule has 6 heteroatoms. The van der Waals surface area contributed by atoms with Crippen LogP contribution < -0.4 is 0 Å². The number of hydrogen-bond acceptors (Lipinski definition) is 3. The first-order valence-electron chi connectivity index (χ1n) is 6.41. The maximum atomic E-state index is 13.3. The second-order valence-electron chi connectivity index (χ2n) is 5.48. The van der Waals surface area contributed by atoms with Crippen molar-refractivity contribution in [3.8, 4) is 5.75 Å². The van der Waals surface area contributed by atoms with Crippen molar-refractivity contribution >= 4 is 17.7 Å². The number of benzene rings is 1. The Labute approximate surface area is 119 Å². The Bertz CT molecular complexity index is 588. The largest absolute Gasteiger partial charge is 0.508 e. The third kappa shape index (κ3) is 2.06. The summed E-state index contributed by atoms with van der Waals surface area (Å²) in [5, 5.41) is 18.7. The highest BCUT2D eigenvalue weighted by Crippen LogP contribution is 2.59. The van der Waals surface area contributed by atoms with Crippen LogP contribution in [0.3, 0.4) is 0 Å². The number of aliphatic carboxylic acids is 1. The van der Waals surface area contributed by atoms with Crippen molar-refractivity contribution in [1.82, 2.24) is 0 Å². The molecule has 1 aromatic rings. The Kier molecular flexibility index (Phi) is 2.97. The topological polar surface area (TPSA) is 57.5 Å². The van der Waals surface area contributed by atoms with Crippen molar-refractivity contribution in [2.45, 2.75) is 41.8 Å². The molecular weight excluding hydrogens is 286 g/mol. The molecular formula is C14H14F2O3S. The van der Waals surface area contributed by atoms with Crippen LogP contribution in [0.2, 0.25) is 0 Å². The number of alkyl halides is 2. The van der Waals surface area contributed by atoms with Crippen molar-refractivity contribution in [1.29, 1.82) is 0 Å². The standard InChI is InChI=1S/C14H14F2O3S/c1-6-10(17)3-2-7-8(13(18)19)4-11(20-12(6)7)9-5-14(9,15)16/h2-3,8-9,11,17H,4-5H2,1H3,(H,18,19). The number of aromatic hydroxyl groups is 1. The van der Waals surface area contributed by atoms with E-state index in [1.165, 1.54) is 17.8 Å². The average Bonchev–Trinajstić information content (AvgIpc) is 3.02. The highest BCUT2D eigenvalue weighted by molar-refractivity contribution is 8.00. The summed E-state index contributed by atoms with van der Waals surface area (Å²) in [5.74, 6) is -5.10. The van der Waals surface area contributed by atoms with Gasteiger partial charge in [-0.1, -0.05) is 6.07 Å². The molecule has 0 amide bonds. The molecule has 3 unspecified atom stereocenters. The number of thioether (sulfide) groups is 1. The van der Waals surface area contributed by atoms with Crippen LogP contribution in [0.25, 0.3) is 0 Å². The van der Waals surface area contributed by atoms with E-state index in [1.54, 1.807) is 13.0 Å². The van der Waals surface area contributed by atoms with E-state index in [1.807, 2.05) is 0 Å². The summed E-state index contributed by atoms with van der Waals surface area (Å²) in [7, 11) is 0. The molecule has 3 rings (SSSR count). The number of phenolic OH excluding ortho intramolecular Hbond substituents is 1. The van der Waals surface area contributed by atoms with Crippen molar-refractivity contribution in [3.63, 3.8) is 0 Å². The monoisotopic (exact) mass is 300 g/mol. The van der Waals surface area contributed by atoms with Gasteiger partial charge in [0.2, 0.25) is 0 Å². The Morgan fingerprint density at radius 3 is 2.65 bits per heavy atom. The second kappa shape index (κ2) is 4.35. The number of carbonyl (C=O) groups is 1. The van der Waals surface area contributed by atoms with Gasteiger partial charge in [0, 0.05) is 28.0 Å². The zero-order chi connectivity index (χ0) is 14.7. The van der Waals surface area contributed by atoms with Crippen LogP contribution in [-0.2, 0) is 4.79 Å². The molecule has 20 heavy (non-hydrogen) atoms. The number of carboxylic acids is 1. The summed E-state index contributed by atoms with van der Waals surface area (Å²) in [4.78, 5) is 12.1. The Balaban J connectivity index is 2.00. The van der Waals surface area contributed by atoms with Crippen molar-refractivity contribution in [2.24, 2.45) is 5.92 Å². The molecule has 1 fully saturated rings. The zero-order valence-corrected chi connectivity index (χ0v) is 11.6. The molecule has 3 atom stereocenters. The maximum absolute atomic E-state index is 13.3. The van der Waals surface area contributed by atoms with Gasteiger partial charge in [-0.2, -0.15) is 0 Å². The van der Waals surface area contributed by atoms with E-state index in [0.29, 0.717) is 16.0 Å². The van der Waals surface area contributed by atoms with Gasteiger partial charge < -0.3 is 10.2 Å². The zero-order valence-electron chi connectivity index (χ0n) is 10.8. The quantitative estimate of drug-likeness (QED) is 0.879. The molecule has 1 aliphatic carbocycles. The third-order valence-corrected chi connectivity index (χ3v) is 5.74. The lowest BCUT2D eigenvalue weighted by molar-refractivity contribution is -0.139. The number of hydrogen-bond donors (Lipinski definition) is 2. The van der Waals surface area contributed by atoms with Crippen molar-refractivity contribution in [2.75, 3.05) is 0 Å². The first-order valence-corrected chi connectivity index (χ1v) is 7.29. The SMILES string of the molecule is Cc1c(O)ccc2c1SC(C1CC1(F)F)CC2C(=O)O. The van der Waals surface area contributed by atoms with Gasteiger partial charge in [0.25, 0.3) is 5.92 Å². The minimum absolute atomic E-state index is 0.0728. The summed E-state index contributed by atoms with van der Waals surface area (Å²) in [5.41, 5.74) is 1.20. The molecule has 1 saturated carbocycles. The Morgan fingerprint density at radius 2 is 2.10 bits per heavy atom. The van der Waals surface area contributed by atoms with Gasteiger partial charge in [0.15, 0.2) is 0 Å². The molecule has 1 heterocycles. The van der Waals surface area contributed by atoms with Crippen LogP contribution in [0.4, 0.5) is 8.78 Å².